The summed E-state index contributed by atoms with van der Waals surface area (Å²) in [4.78, 5) is 28.5. The number of methoxy groups -OCH3 is 5. The van der Waals surface area contributed by atoms with Gasteiger partial charge in [-0.05, 0) is 75.4 Å². The van der Waals surface area contributed by atoms with Crippen molar-refractivity contribution >= 4 is 11.8 Å². The van der Waals surface area contributed by atoms with Crippen molar-refractivity contribution in [3.05, 3.63) is 36.0 Å². The molecule has 19 atom stereocenters. The summed E-state index contributed by atoms with van der Waals surface area (Å²) in [6, 6.07) is 0. The van der Waals surface area contributed by atoms with Crippen LogP contribution in [0.25, 0.3) is 0 Å². The van der Waals surface area contributed by atoms with Crippen molar-refractivity contribution in [2.45, 2.75) is 152 Å². The number of Topliss-reactive ketones (excluding diaryl/α,β-unsaturated/α-hetero) is 1. The topological polar surface area (TPSA) is 147 Å². The Bertz CT molecular complexity index is 1420. The number of aliphatic hydroxyl groups excluding tert-OH is 1. The first-order chi connectivity index (χ1) is 27.0. The zero-order chi connectivity index (χ0) is 40.3. The van der Waals surface area contributed by atoms with Gasteiger partial charge in [0.2, 0.25) is 0 Å². The Kier molecular flexibility index (Phi) is 15.0. The minimum Gasteiger partial charge on any atom is -0.458 e. The van der Waals surface area contributed by atoms with Gasteiger partial charge in [0.25, 0.3) is 0 Å². The van der Waals surface area contributed by atoms with E-state index in [4.69, 9.17) is 47.4 Å². The van der Waals surface area contributed by atoms with Gasteiger partial charge < -0.3 is 52.5 Å². The summed E-state index contributed by atoms with van der Waals surface area (Å²) >= 11 is 0. The highest BCUT2D eigenvalue weighted by atomic mass is 16.7. The van der Waals surface area contributed by atoms with E-state index in [9.17, 15) is 14.7 Å². The zero-order valence-electron chi connectivity index (χ0n) is 34.7. The lowest BCUT2D eigenvalue weighted by molar-refractivity contribution is -0.319. The van der Waals surface area contributed by atoms with Crippen molar-refractivity contribution < 1.29 is 62.1 Å². The fraction of sp³-hybridized carbons (Fsp3) is 0.814. The smallest absolute Gasteiger partial charge is 0.307 e. The molecule has 3 aliphatic carbocycles. The first kappa shape index (κ1) is 43.5. The first-order valence-corrected chi connectivity index (χ1v) is 20.7. The number of carbonyl (C=O) groups is 2. The average molecular weight is 791 g/mol. The van der Waals surface area contributed by atoms with Crippen LogP contribution in [0.1, 0.15) is 72.6 Å². The average Bonchev–Trinajstić information content (AvgIpc) is 3.71. The van der Waals surface area contributed by atoms with Gasteiger partial charge in [-0.25, -0.2) is 0 Å². The Balaban J connectivity index is 1.25. The minimum absolute atomic E-state index is 0.0316. The third kappa shape index (κ3) is 8.92. The lowest BCUT2D eigenvalue weighted by Gasteiger charge is -2.44. The van der Waals surface area contributed by atoms with E-state index in [2.05, 4.69) is 25.2 Å². The standard InChI is InChI=1S/C43H66O13/c1-10-11-13-25-14-12-15-32(55-36-21-34(47-5)39(48-6)23(3)52-36)22(2)37(45)31-18-28-26(30(31)20-35(44)54-25)16-17-27-29(28)19-33(38(27)46)56-43-42(51-9)41(50-8)40(49-7)24(4)53-43/h11,13,16-18,22-30,32-34,36,38-43,46H,10,12,14-15,19-21H2,1-9H3/b13-11+/t22-,23-,24+,25+,26-,27+,28-,29-,30+,32+,33+,34-,36+,38+,39-,40+,41-,42-,43+/m1/s1. The van der Waals surface area contributed by atoms with Crippen LogP contribution in [0.2, 0.25) is 0 Å². The highest BCUT2D eigenvalue weighted by Gasteiger charge is 2.55. The molecule has 316 valence electrons. The molecule has 0 spiro atoms. The molecule has 3 heterocycles. The van der Waals surface area contributed by atoms with E-state index in [0.717, 1.165) is 6.42 Å². The van der Waals surface area contributed by atoms with Crippen LogP contribution in [0.5, 0.6) is 0 Å². The molecule has 0 aromatic heterocycles. The monoisotopic (exact) mass is 790 g/mol. The lowest BCUT2D eigenvalue weighted by Crippen LogP contribution is -2.60. The molecule has 0 aromatic carbocycles. The van der Waals surface area contributed by atoms with Gasteiger partial charge in [-0.3, -0.25) is 9.59 Å². The van der Waals surface area contributed by atoms with Crippen molar-refractivity contribution in [1.82, 2.24) is 0 Å². The second-order valence-corrected chi connectivity index (χ2v) is 16.5. The van der Waals surface area contributed by atoms with E-state index in [1.807, 2.05) is 32.9 Å². The van der Waals surface area contributed by atoms with E-state index in [0.29, 0.717) is 37.7 Å². The minimum atomic E-state index is -0.810. The number of cyclic esters (lactones) is 1. The van der Waals surface area contributed by atoms with Gasteiger partial charge in [-0.1, -0.05) is 38.2 Å². The fourth-order valence-electron chi connectivity index (χ4n) is 10.4. The second-order valence-electron chi connectivity index (χ2n) is 16.5. The predicted molar refractivity (Wildman–Crippen MR) is 204 cm³/mol. The molecule has 0 radical (unpaired) electrons. The van der Waals surface area contributed by atoms with Crippen molar-refractivity contribution in [1.29, 1.82) is 0 Å². The van der Waals surface area contributed by atoms with Crippen LogP contribution in [0, 0.1) is 35.5 Å². The van der Waals surface area contributed by atoms with Crippen molar-refractivity contribution in [2.75, 3.05) is 35.5 Å². The second kappa shape index (κ2) is 19.4. The van der Waals surface area contributed by atoms with E-state index in [1.165, 1.54) is 0 Å². The van der Waals surface area contributed by atoms with Crippen LogP contribution in [0.15, 0.2) is 36.0 Å². The summed E-state index contributed by atoms with van der Waals surface area (Å²) in [7, 11) is 8.12. The Hall–Kier alpha value is -2.04. The third-order valence-electron chi connectivity index (χ3n) is 13.4. The van der Waals surface area contributed by atoms with E-state index in [-0.39, 0.29) is 84.4 Å². The third-order valence-corrected chi connectivity index (χ3v) is 13.4. The molecule has 0 unspecified atom stereocenters. The summed E-state index contributed by atoms with van der Waals surface area (Å²) in [5.74, 6) is -1.69. The Morgan fingerprint density at radius 2 is 1.46 bits per heavy atom. The summed E-state index contributed by atoms with van der Waals surface area (Å²) in [6.07, 6.45) is 8.08. The SMILES string of the molecule is CC/C=C/[C@H]1CCC[C@H](O[C@H]2C[C@@H](OC)[C@H](OC)[C@@H](C)O2)[C@@H](C)C(=O)C2=C[C@@H]3[C@@H](C=C[C@@H]4[C@H](O)[C@@H](O[C@@H]5O[C@@H](C)[C@H](OC)[C@@H](OC)[C@H]5OC)C[C@H]43)[C@@H]2CC(=O)O1. The normalized spacial score (nSPS) is 46.0. The Labute approximate surface area is 332 Å². The number of aliphatic hydroxyl groups is 1. The van der Waals surface area contributed by atoms with Crippen LogP contribution in [-0.2, 0) is 57.0 Å². The van der Waals surface area contributed by atoms with Crippen LogP contribution in [-0.4, -0.2) is 132 Å². The molecule has 0 aromatic rings. The molecule has 6 aliphatic rings. The number of hydrogen-bond acceptors (Lipinski definition) is 13. The number of carbonyl (C=O) groups excluding carboxylic acids is 2. The van der Waals surface area contributed by atoms with Crippen molar-refractivity contribution in [2.24, 2.45) is 35.5 Å². The van der Waals surface area contributed by atoms with Gasteiger partial charge in [0.15, 0.2) is 18.4 Å². The summed E-state index contributed by atoms with van der Waals surface area (Å²) in [5, 5.41) is 11.7. The molecule has 6 rings (SSSR count). The quantitative estimate of drug-likeness (QED) is 0.228. The van der Waals surface area contributed by atoms with Crippen molar-refractivity contribution in [3.63, 3.8) is 0 Å². The maximum absolute atomic E-state index is 14.8. The summed E-state index contributed by atoms with van der Waals surface area (Å²) in [5.41, 5.74) is 0.632. The van der Waals surface area contributed by atoms with Gasteiger partial charge >= 0.3 is 5.97 Å². The van der Waals surface area contributed by atoms with Crippen LogP contribution in [0.3, 0.4) is 0 Å². The Morgan fingerprint density at radius 1 is 0.768 bits per heavy atom. The maximum Gasteiger partial charge on any atom is 0.307 e. The number of ketones is 1. The molecule has 0 bridgehead atoms. The van der Waals surface area contributed by atoms with Crippen LogP contribution >= 0.6 is 0 Å². The van der Waals surface area contributed by atoms with E-state index < -0.39 is 49.0 Å². The number of ether oxygens (including phenoxy) is 10. The van der Waals surface area contributed by atoms with Crippen molar-refractivity contribution in [3.8, 4) is 0 Å². The fourth-order valence-corrected chi connectivity index (χ4v) is 10.4. The largest absolute Gasteiger partial charge is 0.458 e. The van der Waals surface area contributed by atoms with Crippen LogP contribution in [0.4, 0.5) is 0 Å². The van der Waals surface area contributed by atoms with Gasteiger partial charge in [-0.2, -0.15) is 0 Å². The molecule has 1 saturated carbocycles. The van der Waals surface area contributed by atoms with Gasteiger partial charge in [0.1, 0.15) is 30.5 Å². The van der Waals surface area contributed by atoms with Gasteiger partial charge in [0.05, 0.1) is 43.0 Å². The number of rotatable bonds is 11. The molecule has 13 nitrogen and oxygen atoms in total. The highest BCUT2D eigenvalue weighted by Crippen LogP contribution is 2.54. The highest BCUT2D eigenvalue weighted by molar-refractivity contribution is 5.99. The summed E-state index contributed by atoms with van der Waals surface area (Å²) < 4.78 is 60.6. The molecule has 1 N–H and O–H groups in total. The van der Waals surface area contributed by atoms with Gasteiger partial charge in [0, 0.05) is 59.7 Å². The van der Waals surface area contributed by atoms with Crippen LogP contribution < -0.4 is 0 Å². The molecule has 56 heavy (non-hydrogen) atoms. The number of esters is 1. The first-order valence-electron chi connectivity index (χ1n) is 20.7. The van der Waals surface area contributed by atoms with Gasteiger partial charge in [-0.15, -0.1) is 0 Å². The maximum atomic E-state index is 14.8. The molecular formula is C43H66O13. The predicted octanol–water partition coefficient (Wildman–Crippen LogP) is 4.72. The molecule has 4 fully saturated rings. The summed E-state index contributed by atoms with van der Waals surface area (Å²) in [6.45, 7) is 7.84. The van der Waals surface area contributed by atoms with E-state index in [1.54, 1.807) is 35.5 Å². The van der Waals surface area contributed by atoms with E-state index >= 15 is 0 Å². The molecule has 3 aliphatic heterocycles. The Morgan fingerprint density at radius 3 is 2.14 bits per heavy atom. The molecule has 3 saturated heterocycles. The lowest BCUT2D eigenvalue weighted by atomic mass is 9.70. The number of hydrogen-bond donors (Lipinski definition) is 1. The molecular weight excluding hydrogens is 724 g/mol. The number of allylic oxidation sites excluding steroid dienone is 4. The molecule has 13 heteroatoms. The number of fused-ring (bicyclic) bond motifs is 5. The zero-order valence-corrected chi connectivity index (χ0v) is 34.7. The molecule has 0 amide bonds.